The number of rotatable bonds is 4. The number of ether oxygens (including phenoxy) is 1. The number of hydrogen-bond donors (Lipinski definition) is 0. The largest absolute Gasteiger partial charge is 0.466 e. The zero-order chi connectivity index (χ0) is 21.3. The van der Waals surface area contributed by atoms with E-state index in [2.05, 4.69) is 41.6 Å². The molecule has 1 fully saturated rings. The summed E-state index contributed by atoms with van der Waals surface area (Å²) in [5, 5.41) is 0. The zero-order valence-electron chi connectivity index (χ0n) is 17.7. The minimum Gasteiger partial charge on any atom is -0.466 e. The molecule has 1 aliphatic heterocycles. The van der Waals surface area contributed by atoms with Gasteiger partial charge in [-0.05, 0) is 63.4 Å². The second-order valence-electron chi connectivity index (χ2n) is 7.95. The van der Waals surface area contributed by atoms with Gasteiger partial charge >= 0.3 is 5.97 Å². The van der Waals surface area contributed by atoms with Crippen LogP contribution in [0.4, 0.5) is 0 Å². The Bertz CT molecular complexity index is 1100. The quantitative estimate of drug-likeness (QED) is 0.614. The minimum absolute atomic E-state index is 0.0630. The van der Waals surface area contributed by atoms with Crippen LogP contribution in [0.15, 0.2) is 42.7 Å². The third-order valence-electron chi connectivity index (χ3n) is 5.73. The van der Waals surface area contributed by atoms with Crippen LogP contribution in [0, 0.1) is 19.8 Å². The number of nitrogens with zero attached hydrogens (tertiary/aromatic N) is 3. The summed E-state index contributed by atoms with van der Waals surface area (Å²) in [7, 11) is 0. The number of aryl methyl sites for hydroxylation is 2. The van der Waals surface area contributed by atoms with Crippen molar-refractivity contribution in [2.75, 3.05) is 19.7 Å². The molecule has 0 aliphatic carbocycles. The van der Waals surface area contributed by atoms with E-state index in [1.807, 2.05) is 18.2 Å². The zero-order valence-corrected chi connectivity index (χ0v) is 17.7. The Labute approximate surface area is 176 Å². The second-order valence-corrected chi connectivity index (χ2v) is 7.95. The van der Waals surface area contributed by atoms with Crippen molar-refractivity contribution in [3.63, 3.8) is 0 Å². The molecule has 0 bridgehead atoms. The Hall–Kier alpha value is -3.15. The highest BCUT2D eigenvalue weighted by atomic mass is 16.5. The van der Waals surface area contributed by atoms with E-state index in [9.17, 15) is 9.59 Å². The Morgan fingerprint density at radius 3 is 2.77 bits per heavy atom. The normalized spacial score (nSPS) is 16.6. The van der Waals surface area contributed by atoms with Crippen LogP contribution in [0.3, 0.4) is 0 Å². The Morgan fingerprint density at radius 1 is 1.17 bits per heavy atom. The van der Waals surface area contributed by atoms with Gasteiger partial charge in [0.15, 0.2) is 0 Å². The predicted molar refractivity (Wildman–Crippen MR) is 116 cm³/mol. The third-order valence-corrected chi connectivity index (χ3v) is 5.73. The monoisotopic (exact) mass is 405 g/mol. The fourth-order valence-electron chi connectivity index (χ4n) is 4.21. The van der Waals surface area contributed by atoms with E-state index in [0.717, 1.165) is 29.6 Å². The number of fused-ring (bicyclic) bond motifs is 1. The highest BCUT2D eigenvalue weighted by molar-refractivity contribution is 5.98. The first kappa shape index (κ1) is 20.1. The molecule has 3 aromatic rings. The molecule has 1 saturated heterocycles. The number of carbonyl (C=O) groups is 2. The van der Waals surface area contributed by atoms with Crippen molar-refractivity contribution in [1.29, 1.82) is 0 Å². The molecule has 156 valence electrons. The molecule has 2 aromatic carbocycles. The summed E-state index contributed by atoms with van der Waals surface area (Å²) in [4.78, 5) is 31.5. The fraction of sp³-hybridized carbons (Fsp3) is 0.375. The van der Waals surface area contributed by atoms with Crippen molar-refractivity contribution in [1.82, 2.24) is 14.5 Å². The summed E-state index contributed by atoms with van der Waals surface area (Å²) in [5.74, 6) is -0.514. The molecule has 0 spiro atoms. The maximum Gasteiger partial charge on any atom is 0.310 e. The van der Waals surface area contributed by atoms with Gasteiger partial charge in [0.05, 0.1) is 29.2 Å². The van der Waals surface area contributed by atoms with E-state index in [0.29, 0.717) is 25.3 Å². The molecule has 30 heavy (non-hydrogen) atoms. The van der Waals surface area contributed by atoms with Gasteiger partial charge in [-0.25, -0.2) is 4.98 Å². The summed E-state index contributed by atoms with van der Waals surface area (Å²) >= 11 is 0. The minimum atomic E-state index is -0.241. The molecule has 6 nitrogen and oxygen atoms in total. The van der Waals surface area contributed by atoms with E-state index in [4.69, 9.17) is 4.74 Å². The van der Waals surface area contributed by atoms with Crippen LogP contribution in [0.1, 0.15) is 41.3 Å². The maximum absolute atomic E-state index is 13.1. The average Bonchev–Trinajstić information content (AvgIpc) is 3.16. The smallest absolute Gasteiger partial charge is 0.310 e. The number of amides is 1. The number of esters is 1. The molecule has 1 aliphatic rings. The van der Waals surface area contributed by atoms with Gasteiger partial charge in [-0.1, -0.05) is 17.7 Å². The van der Waals surface area contributed by atoms with Gasteiger partial charge in [0, 0.05) is 18.7 Å². The van der Waals surface area contributed by atoms with Crippen LogP contribution in [-0.2, 0) is 9.53 Å². The molecule has 1 atom stereocenters. The van der Waals surface area contributed by atoms with E-state index in [-0.39, 0.29) is 17.8 Å². The van der Waals surface area contributed by atoms with Gasteiger partial charge in [0.25, 0.3) is 5.91 Å². The molecule has 1 unspecified atom stereocenters. The molecular formula is C24H27N3O3. The lowest BCUT2D eigenvalue weighted by atomic mass is 9.97. The lowest BCUT2D eigenvalue weighted by Crippen LogP contribution is -2.42. The van der Waals surface area contributed by atoms with Crippen molar-refractivity contribution < 1.29 is 14.3 Å². The summed E-state index contributed by atoms with van der Waals surface area (Å²) in [6, 6.07) is 12.0. The number of hydrogen-bond acceptors (Lipinski definition) is 4. The van der Waals surface area contributed by atoms with Crippen molar-refractivity contribution in [3.05, 3.63) is 59.4 Å². The molecule has 0 radical (unpaired) electrons. The molecule has 1 aromatic heterocycles. The van der Waals surface area contributed by atoms with E-state index in [1.165, 1.54) is 11.1 Å². The van der Waals surface area contributed by atoms with Gasteiger partial charge in [-0.15, -0.1) is 0 Å². The number of imidazole rings is 1. The van der Waals surface area contributed by atoms with Gasteiger partial charge in [-0.2, -0.15) is 0 Å². The third kappa shape index (κ3) is 3.82. The molecule has 0 N–H and O–H groups in total. The van der Waals surface area contributed by atoms with Crippen LogP contribution in [-0.4, -0.2) is 46.0 Å². The van der Waals surface area contributed by atoms with Crippen LogP contribution in [0.2, 0.25) is 0 Å². The summed E-state index contributed by atoms with van der Waals surface area (Å²) in [5.41, 5.74) is 5.80. The number of carbonyl (C=O) groups excluding carboxylic acids is 2. The Kier molecular flexibility index (Phi) is 5.57. The first-order valence-corrected chi connectivity index (χ1v) is 10.5. The lowest BCUT2D eigenvalue weighted by molar-refractivity contribution is -0.149. The SMILES string of the molecule is CCOC(=O)C1CCCN(C(=O)c2ccc3c(c2)ncn3-c2ccc(C)cc2C)C1. The van der Waals surface area contributed by atoms with Crippen molar-refractivity contribution in [2.45, 2.75) is 33.6 Å². The lowest BCUT2D eigenvalue weighted by Gasteiger charge is -2.31. The number of piperidine rings is 1. The van der Waals surface area contributed by atoms with Gasteiger partial charge < -0.3 is 9.64 Å². The Morgan fingerprint density at radius 2 is 2.00 bits per heavy atom. The Balaban J connectivity index is 1.58. The fourth-order valence-corrected chi connectivity index (χ4v) is 4.21. The topological polar surface area (TPSA) is 64.4 Å². The summed E-state index contributed by atoms with van der Waals surface area (Å²) in [6.07, 6.45) is 3.37. The van der Waals surface area contributed by atoms with Crippen LogP contribution in [0.5, 0.6) is 0 Å². The van der Waals surface area contributed by atoms with Crippen molar-refractivity contribution in [3.8, 4) is 5.69 Å². The first-order chi connectivity index (χ1) is 14.5. The molecule has 6 heteroatoms. The predicted octanol–water partition coefficient (Wildman–Crippen LogP) is 4.06. The van der Waals surface area contributed by atoms with Gasteiger partial charge in [-0.3, -0.25) is 14.2 Å². The van der Waals surface area contributed by atoms with Crippen LogP contribution < -0.4 is 0 Å². The average molecular weight is 405 g/mol. The highest BCUT2D eigenvalue weighted by Gasteiger charge is 2.30. The van der Waals surface area contributed by atoms with Crippen LogP contribution in [0.25, 0.3) is 16.7 Å². The van der Waals surface area contributed by atoms with Crippen molar-refractivity contribution >= 4 is 22.9 Å². The van der Waals surface area contributed by atoms with E-state index in [1.54, 1.807) is 18.2 Å². The standard InChI is InChI=1S/C24H27N3O3/c1-4-30-24(29)19-6-5-11-26(14-19)23(28)18-8-10-22-20(13-18)25-15-27(22)21-9-7-16(2)12-17(21)3/h7-10,12-13,15,19H,4-6,11,14H2,1-3H3. The van der Waals surface area contributed by atoms with E-state index >= 15 is 0 Å². The summed E-state index contributed by atoms with van der Waals surface area (Å²) < 4.78 is 7.20. The molecule has 2 heterocycles. The maximum atomic E-state index is 13.1. The molecule has 1 amide bonds. The van der Waals surface area contributed by atoms with E-state index < -0.39 is 0 Å². The molecule has 4 rings (SSSR count). The number of aromatic nitrogens is 2. The number of benzene rings is 2. The number of likely N-dealkylation sites (tertiary alicyclic amines) is 1. The second kappa shape index (κ2) is 8.30. The molecular weight excluding hydrogens is 378 g/mol. The highest BCUT2D eigenvalue weighted by Crippen LogP contribution is 2.24. The molecule has 0 saturated carbocycles. The van der Waals surface area contributed by atoms with Crippen LogP contribution >= 0.6 is 0 Å². The van der Waals surface area contributed by atoms with Crippen molar-refractivity contribution in [2.24, 2.45) is 5.92 Å². The summed E-state index contributed by atoms with van der Waals surface area (Å²) in [6.45, 7) is 7.39. The van der Waals surface area contributed by atoms with Gasteiger partial charge in [0.1, 0.15) is 6.33 Å². The first-order valence-electron chi connectivity index (χ1n) is 10.5. The van der Waals surface area contributed by atoms with Gasteiger partial charge in [0.2, 0.25) is 0 Å².